The number of carbonyl (C=O) groups excluding carboxylic acids is 1. The average Bonchev–Trinajstić information content (AvgIpc) is 2.75. The van der Waals surface area contributed by atoms with Gasteiger partial charge in [0.15, 0.2) is 0 Å². The lowest BCUT2D eigenvalue weighted by Gasteiger charge is -2.26. The van der Waals surface area contributed by atoms with Crippen LogP contribution in [0.5, 0.6) is 0 Å². The molecule has 3 heteroatoms. The molecule has 3 unspecified atom stereocenters. The Morgan fingerprint density at radius 2 is 2.06 bits per heavy atom. The number of amides is 1. The maximum atomic E-state index is 11.8. The Kier molecular flexibility index (Phi) is 7.29. The van der Waals surface area contributed by atoms with Crippen LogP contribution in [0.1, 0.15) is 27.2 Å². The molecular weight excluding hydrogens is 226 g/mol. The Morgan fingerprint density at radius 1 is 1.50 bits per heavy atom. The zero-order chi connectivity index (χ0) is 14.3. The van der Waals surface area contributed by atoms with Gasteiger partial charge in [0.25, 0.3) is 0 Å². The number of allylic oxidation sites excluding steroid dienone is 1. The SMILES string of the molecule is C=C.C=C/C(=C\C)C(C)N1CC(C(C)O)CC1=O. The molecule has 0 aliphatic carbocycles. The predicted octanol–water partition coefficient (Wildman–Crippen LogP) is 2.54. The van der Waals surface area contributed by atoms with Crippen LogP contribution in [0, 0.1) is 5.92 Å². The molecule has 0 aromatic heterocycles. The first-order chi connectivity index (χ1) is 8.51. The number of rotatable bonds is 4. The van der Waals surface area contributed by atoms with Crippen molar-refractivity contribution in [3.8, 4) is 0 Å². The minimum atomic E-state index is -0.418. The van der Waals surface area contributed by atoms with Gasteiger partial charge in [0.05, 0.1) is 12.1 Å². The number of likely N-dealkylation sites (tertiary alicyclic amines) is 1. The first-order valence-electron chi connectivity index (χ1n) is 6.27. The Labute approximate surface area is 110 Å². The second-order valence-electron chi connectivity index (χ2n) is 4.42. The summed E-state index contributed by atoms with van der Waals surface area (Å²) in [5.74, 6) is 0.192. The van der Waals surface area contributed by atoms with Gasteiger partial charge in [-0.3, -0.25) is 4.79 Å². The van der Waals surface area contributed by atoms with E-state index in [-0.39, 0.29) is 17.9 Å². The molecule has 0 radical (unpaired) electrons. The summed E-state index contributed by atoms with van der Waals surface area (Å²) in [5, 5.41) is 9.51. The van der Waals surface area contributed by atoms with Crippen molar-refractivity contribution in [2.24, 2.45) is 5.92 Å². The van der Waals surface area contributed by atoms with E-state index in [1.165, 1.54) is 0 Å². The van der Waals surface area contributed by atoms with E-state index in [9.17, 15) is 9.90 Å². The molecule has 1 aliphatic heterocycles. The minimum Gasteiger partial charge on any atom is -0.393 e. The van der Waals surface area contributed by atoms with Crippen LogP contribution in [0.15, 0.2) is 37.5 Å². The Hall–Kier alpha value is -1.35. The van der Waals surface area contributed by atoms with E-state index in [0.29, 0.717) is 13.0 Å². The van der Waals surface area contributed by atoms with Crippen molar-refractivity contribution < 1.29 is 9.90 Å². The quantitative estimate of drug-likeness (QED) is 0.616. The number of aliphatic hydroxyl groups is 1. The van der Waals surface area contributed by atoms with Gasteiger partial charge in [0.1, 0.15) is 0 Å². The van der Waals surface area contributed by atoms with Gasteiger partial charge in [-0.05, 0) is 26.3 Å². The van der Waals surface area contributed by atoms with Crippen LogP contribution >= 0.6 is 0 Å². The van der Waals surface area contributed by atoms with Gasteiger partial charge in [-0.25, -0.2) is 0 Å². The Balaban J connectivity index is 0.00000137. The second-order valence-corrected chi connectivity index (χ2v) is 4.42. The third kappa shape index (κ3) is 3.84. The summed E-state index contributed by atoms with van der Waals surface area (Å²) in [5.41, 5.74) is 1.06. The molecule has 1 N–H and O–H groups in total. The highest BCUT2D eigenvalue weighted by molar-refractivity contribution is 5.79. The van der Waals surface area contributed by atoms with Gasteiger partial charge in [-0.1, -0.05) is 18.7 Å². The summed E-state index contributed by atoms with van der Waals surface area (Å²) >= 11 is 0. The molecule has 18 heavy (non-hydrogen) atoms. The highest BCUT2D eigenvalue weighted by Crippen LogP contribution is 2.25. The zero-order valence-corrected chi connectivity index (χ0v) is 11.7. The first kappa shape index (κ1) is 16.6. The van der Waals surface area contributed by atoms with Crippen molar-refractivity contribution >= 4 is 5.91 Å². The van der Waals surface area contributed by atoms with Crippen molar-refractivity contribution in [2.75, 3.05) is 6.54 Å². The maximum absolute atomic E-state index is 11.8. The van der Waals surface area contributed by atoms with Crippen molar-refractivity contribution in [3.63, 3.8) is 0 Å². The maximum Gasteiger partial charge on any atom is 0.223 e. The third-order valence-corrected chi connectivity index (χ3v) is 3.39. The smallest absolute Gasteiger partial charge is 0.223 e. The molecule has 1 aliphatic rings. The molecule has 1 rings (SSSR count). The molecule has 1 saturated heterocycles. The van der Waals surface area contributed by atoms with Crippen LogP contribution in [-0.4, -0.2) is 34.6 Å². The normalized spacial score (nSPS) is 23.1. The van der Waals surface area contributed by atoms with E-state index in [0.717, 1.165) is 5.57 Å². The number of aliphatic hydroxyl groups excluding tert-OH is 1. The average molecular weight is 251 g/mol. The predicted molar refractivity (Wildman–Crippen MR) is 76.2 cm³/mol. The standard InChI is InChI=1S/C13H21NO2.C2H4/c1-5-11(6-2)9(3)14-8-12(10(4)15)7-13(14)16;1-2/h5-6,9-10,12,15H,1,7-8H2,2-4H3;1-2H2/b11-6+;. The van der Waals surface area contributed by atoms with Gasteiger partial charge in [0.2, 0.25) is 5.91 Å². The highest BCUT2D eigenvalue weighted by Gasteiger charge is 2.35. The van der Waals surface area contributed by atoms with Gasteiger partial charge in [0, 0.05) is 18.9 Å². The lowest BCUT2D eigenvalue weighted by atomic mass is 10.0. The van der Waals surface area contributed by atoms with Crippen LogP contribution < -0.4 is 0 Å². The van der Waals surface area contributed by atoms with Crippen LogP contribution in [-0.2, 0) is 4.79 Å². The highest BCUT2D eigenvalue weighted by atomic mass is 16.3. The number of carbonyl (C=O) groups is 1. The Morgan fingerprint density at radius 3 is 2.39 bits per heavy atom. The van der Waals surface area contributed by atoms with E-state index < -0.39 is 6.10 Å². The summed E-state index contributed by atoms with van der Waals surface area (Å²) in [6.07, 6.45) is 3.80. The van der Waals surface area contributed by atoms with E-state index in [1.807, 2.05) is 24.8 Å². The first-order valence-corrected chi connectivity index (χ1v) is 6.27. The third-order valence-electron chi connectivity index (χ3n) is 3.39. The zero-order valence-electron chi connectivity index (χ0n) is 11.7. The van der Waals surface area contributed by atoms with Crippen molar-refractivity contribution in [2.45, 2.75) is 39.3 Å². The second kappa shape index (κ2) is 7.88. The van der Waals surface area contributed by atoms with Crippen LogP contribution in [0.2, 0.25) is 0 Å². The summed E-state index contributed by atoms with van der Waals surface area (Å²) in [6.45, 7) is 16.1. The van der Waals surface area contributed by atoms with Gasteiger partial charge >= 0.3 is 0 Å². The molecule has 1 heterocycles. The molecule has 0 aromatic carbocycles. The molecule has 1 amide bonds. The summed E-state index contributed by atoms with van der Waals surface area (Å²) in [7, 11) is 0. The molecule has 0 spiro atoms. The number of nitrogens with zero attached hydrogens (tertiary/aromatic N) is 1. The van der Waals surface area contributed by atoms with Crippen LogP contribution in [0.25, 0.3) is 0 Å². The van der Waals surface area contributed by atoms with Gasteiger partial charge in [-0.15, -0.1) is 13.2 Å². The minimum absolute atomic E-state index is 0.0544. The summed E-state index contributed by atoms with van der Waals surface area (Å²) in [4.78, 5) is 13.6. The fourth-order valence-corrected chi connectivity index (χ4v) is 2.17. The monoisotopic (exact) mass is 251 g/mol. The van der Waals surface area contributed by atoms with E-state index in [4.69, 9.17) is 0 Å². The van der Waals surface area contributed by atoms with Crippen molar-refractivity contribution in [1.82, 2.24) is 4.90 Å². The van der Waals surface area contributed by atoms with Crippen LogP contribution in [0.3, 0.4) is 0 Å². The molecule has 0 bridgehead atoms. The molecule has 0 saturated carbocycles. The van der Waals surface area contributed by atoms with Gasteiger partial charge < -0.3 is 10.0 Å². The van der Waals surface area contributed by atoms with Crippen molar-refractivity contribution in [1.29, 1.82) is 0 Å². The lowest BCUT2D eigenvalue weighted by Crippen LogP contribution is -2.36. The molecule has 3 nitrogen and oxygen atoms in total. The van der Waals surface area contributed by atoms with E-state index in [1.54, 1.807) is 13.0 Å². The lowest BCUT2D eigenvalue weighted by molar-refractivity contribution is -0.128. The topological polar surface area (TPSA) is 40.5 Å². The van der Waals surface area contributed by atoms with Gasteiger partial charge in [-0.2, -0.15) is 0 Å². The fourth-order valence-electron chi connectivity index (χ4n) is 2.17. The summed E-state index contributed by atoms with van der Waals surface area (Å²) < 4.78 is 0. The molecule has 102 valence electrons. The molecular formula is C15H25NO2. The van der Waals surface area contributed by atoms with E-state index >= 15 is 0 Å². The molecule has 3 atom stereocenters. The van der Waals surface area contributed by atoms with Crippen molar-refractivity contribution in [3.05, 3.63) is 37.5 Å². The molecule has 0 aromatic rings. The molecule has 1 fully saturated rings. The number of hydrogen-bond donors (Lipinski definition) is 1. The number of hydrogen-bond acceptors (Lipinski definition) is 2. The Bertz CT molecular complexity index is 320. The summed E-state index contributed by atoms with van der Waals surface area (Å²) in [6, 6.07) is 0.0544. The largest absolute Gasteiger partial charge is 0.393 e. The van der Waals surface area contributed by atoms with E-state index in [2.05, 4.69) is 19.7 Å². The van der Waals surface area contributed by atoms with Crippen LogP contribution in [0.4, 0.5) is 0 Å². The fraction of sp³-hybridized carbons (Fsp3) is 0.533.